The summed E-state index contributed by atoms with van der Waals surface area (Å²) >= 11 is 5.87. The lowest BCUT2D eigenvalue weighted by molar-refractivity contribution is -0.137. The second kappa shape index (κ2) is 7.13. The number of unbranched alkanes of at least 4 members (excludes halogenated alkanes) is 1. The Kier molecular flexibility index (Phi) is 5.82. The average Bonchev–Trinajstić information content (AvgIpc) is 2.64. The Morgan fingerprint density at radius 3 is 2.74 bits per heavy atom. The summed E-state index contributed by atoms with van der Waals surface area (Å²) in [5, 5.41) is 15.7. The summed E-state index contributed by atoms with van der Waals surface area (Å²) in [6.45, 7) is 2.01. The third-order valence-electron chi connectivity index (χ3n) is 2.66. The smallest absolute Gasteiger partial charge is 0.305 e. The Bertz CT molecular complexity index is 459. The van der Waals surface area contributed by atoms with Gasteiger partial charge < -0.3 is 10.4 Å². The van der Waals surface area contributed by atoms with E-state index in [-0.39, 0.29) is 17.1 Å². The average molecular weight is 288 g/mol. The molecule has 0 unspecified atom stereocenters. The lowest BCUT2D eigenvalue weighted by Gasteiger charge is -2.15. The maximum atomic E-state index is 12.0. The Labute approximate surface area is 116 Å². The van der Waals surface area contributed by atoms with Crippen molar-refractivity contribution in [3.63, 3.8) is 0 Å². The fourth-order valence-corrected chi connectivity index (χ4v) is 2.02. The van der Waals surface area contributed by atoms with E-state index >= 15 is 0 Å². The van der Waals surface area contributed by atoms with Crippen molar-refractivity contribution in [3.05, 3.63) is 16.9 Å². The molecule has 1 rings (SSSR count). The number of carbonyl (C=O) groups is 2. The first-order chi connectivity index (χ1) is 8.93. The molecular weight excluding hydrogens is 270 g/mol. The number of aromatic nitrogens is 2. The molecule has 0 aliphatic carbocycles. The third kappa shape index (κ3) is 4.90. The maximum Gasteiger partial charge on any atom is 0.305 e. The number of carboxylic acid groups (broad SMARTS) is 1. The summed E-state index contributed by atoms with van der Waals surface area (Å²) in [4.78, 5) is 22.7. The number of amides is 1. The van der Waals surface area contributed by atoms with Crippen molar-refractivity contribution in [3.8, 4) is 0 Å². The van der Waals surface area contributed by atoms with Crippen LogP contribution in [0.25, 0.3) is 0 Å². The number of carbonyl (C=O) groups excluding carboxylic acids is 1. The van der Waals surface area contributed by atoms with Gasteiger partial charge in [-0.3, -0.25) is 14.3 Å². The van der Waals surface area contributed by atoms with E-state index in [9.17, 15) is 9.59 Å². The molecule has 0 saturated heterocycles. The highest BCUT2D eigenvalue weighted by Gasteiger charge is 2.20. The molecule has 0 aliphatic heterocycles. The van der Waals surface area contributed by atoms with E-state index in [1.807, 2.05) is 6.92 Å². The fourth-order valence-electron chi connectivity index (χ4n) is 1.75. The summed E-state index contributed by atoms with van der Waals surface area (Å²) in [7, 11) is 1.66. The van der Waals surface area contributed by atoms with Crippen LogP contribution in [0.15, 0.2) is 6.20 Å². The lowest BCUT2D eigenvalue weighted by atomic mass is 10.1. The van der Waals surface area contributed by atoms with Crippen LogP contribution in [-0.4, -0.2) is 32.8 Å². The highest BCUT2D eigenvalue weighted by Crippen LogP contribution is 2.14. The largest absolute Gasteiger partial charge is 0.481 e. The van der Waals surface area contributed by atoms with Crippen molar-refractivity contribution in [2.75, 3.05) is 0 Å². The quantitative estimate of drug-likeness (QED) is 0.801. The Balaban J connectivity index is 2.69. The van der Waals surface area contributed by atoms with Crippen molar-refractivity contribution in [2.24, 2.45) is 7.05 Å². The van der Waals surface area contributed by atoms with E-state index in [0.717, 1.165) is 12.8 Å². The zero-order chi connectivity index (χ0) is 14.4. The van der Waals surface area contributed by atoms with E-state index < -0.39 is 17.9 Å². The highest BCUT2D eigenvalue weighted by molar-refractivity contribution is 6.33. The van der Waals surface area contributed by atoms with Gasteiger partial charge in [0.05, 0.1) is 11.4 Å². The second-order valence-electron chi connectivity index (χ2n) is 4.41. The first kappa shape index (κ1) is 15.5. The van der Waals surface area contributed by atoms with Gasteiger partial charge in [0.2, 0.25) is 0 Å². The normalized spacial score (nSPS) is 12.2. The molecule has 0 fully saturated rings. The van der Waals surface area contributed by atoms with Crippen LogP contribution >= 0.6 is 11.6 Å². The molecular formula is C12H18ClN3O3. The van der Waals surface area contributed by atoms with E-state index in [2.05, 4.69) is 10.4 Å². The van der Waals surface area contributed by atoms with Gasteiger partial charge >= 0.3 is 5.97 Å². The standard InChI is InChI=1S/C12H18ClN3O3/c1-3-4-5-8(6-10(17)18)14-12(19)11-9(13)7-16(2)15-11/h7-8H,3-6H2,1-2H3,(H,14,19)(H,17,18)/t8-/m1/s1. The molecule has 7 heteroatoms. The van der Waals surface area contributed by atoms with Crippen molar-refractivity contribution in [2.45, 2.75) is 38.6 Å². The zero-order valence-electron chi connectivity index (χ0n) is 11.0. The Morgan fingerprint density at radius 2 is 2.26 bits per heavy atom. The predicted molar refractivity (Wildman–Crippen MR) is 71.3 cm³/mol. The van der Waals surface area contributed by atoms with Crippen LogP contribution < -0.4 is 5.32 Å². The summed E-state index contributed by atoms with van der Waals surface area (Å²) in [5.74, 6) is -1.37. The molecule has 1 aromatic rings. The van der Waals surface area contributed by atoms with Gasteiger partial charge in [-0.05, 0) is 6.42 Å². The summed E-state index contributed by atoms with van der Waals surface area (Å²) in [6.07, 6.45) is 3.84. The zero-order valence-corrected chi connectivity index (χ0v) is 11.8. The van der Waals surface area contributed by atoms with Crippen LogP contribution in [0.1, 0.15) is 43.1 Å². The maximum absolute atomic E-state index is 12.0. The molecule has 0 aromatic carbocycles. The molecule has 106 valence electrons. The number of nitrogens with zero attached hydrogens (tertiary/aromatic N) is 2. The molecule has 0 bridgehead atoms. The van der Waals surface area contributed by atoms with E-state index in [4.69, 9.17) is 16.7 Å². The molecule has 1 heterocycles. The molecule has 0 saturated carbocycles. The molecule has 0 aliphatic rings. The van der Waals surface area contributed by atoms with E-state index in [1.165, 1.54) is 10.9 Å². The van der Waals surface area contributed by atoms with Crippen molar-refractivity contribution < 1.29 is 14.7 Å². The Morgan fingerprint density at radius 1 is 1.58 bits per heavy atom. The molecule has 1 aromatic heterocycles. The lowest BCUT2D eigenvalue weighted by Crippen LogP contribution is -2.36. The van der Waals surface area contributed by atoms with Crippen LogP contribution in [0.4, 0.5) is 0 Å². The first-order valence-electron chi connectivity index (χ1n) is 6.15. The number of nitrogens with one attached hydrogen (secondary N) is 1. The van der Waals surface area contributed by atoms with Gasteiger partial charge in [0.15, 0.2) is 5.69 Å². The number of hydrogen-bond donors (Lipinski definition) is 2. The monoisotopic (exact) mass is 287 g/mol. The number of carboxylic acids is 1. The van der Waals surface area contributed by atoms with Gasteiger partial charge in [0.1, 0.15) is 0 Å². The van der Waals surface area contributed by atoms with Crippen LogP contribution in [-0.2, 0) is 11.8 Å². The van der Waals surface area contributed by atoms with Gasteiger partial charge in [-0.1, -0.05) is 31.4 Å². The molecule has 2 N–H and O–H groups in total. The van der Waals surface area contributed by atoms with Crippen molar-refractivity contribution >= 4 is 23.5 Å². The molecule has 1 atom stereocenters. The SMILES string of the molecule is CCCC[C@H](CC(=O)O)NC(=O)c1nn(C)cc1Cl. The van der Waals surface area contributed by atoms with Crippen LogP contribution in [0.3, 0.4) is 0 Å². The van der Waals surface area contributed by atoms with E-state index in [1.54, 1.807) is 7.05 Å². The number of halogens is 1. The van der Waals surface area contributed by atoms with Crippen LogP contribution in [0.2, 0.25) is 5.02 Å². The number of aliphatic carboxylic acids is 1. The number of hydrogen-bond acceptors (Lipinski definition) is 3. The van der Waals surface area contributed by atoms with Crippen molar-refractivity contribution in [1.82, 2.24) is 15.1 Å². The summed E-state index contributed by atoms with van der Waals surface area (Å²) in [6, 6.07) is -0.400. The molecule has 1 amide bonds. The number of aryl methyl sites for hydroxylation is 1. The first-order valence-corrected chi connectivity index (χ1v) is 6.53. The third-order valence-corrected chi connectivity index (χ3v) is 2.94. The van der Waals surface area contributed by atoms with Crippen LogP contribution in [0.5, 0.6) is 0 Å². The summed E-state index contributed by atoms with van der Waals surface area (Å²) < 4.78 is 1.44. The molecule has 0 radical (unpaired) electrons. The molecule has 6 nitrogen and oxygen atoms in total. The highest BCUT2D eigenvalue weighted by atomic mass is 35.5. The van der Waals surface area contributed by atoms with Crippen molar-refractivity contribution in [1.29, 1.82) is 0 Å². The van der Waals surface area contributed by atoms with Gasteiger partial charge in [-0.2, -0.15) is 5.10 Å². The molecule has 19 heavy (non-hydrogen) atoms. The molecule has 0 spiro atoms. The van der Waals surface area contributed by atoms with Gasteiger partial charge in [0.25, 0.3) is 5.91 Å². The number of rotatable bonds is 7. The van der Waals surface area contributed by atoms with Crippen LogP contribution in [0, 0.1) is 0 Å². The fraction of sp³-hybridized carbons (Fsp3) is 0.583. The topological polar surface area (TPSA) is 84.2 Å². The minimum absolute atomic E-state index is 0.101. The minimum Gasteiger partial charge on any atom is -0.481 e. The van der Waals surface area contributed by atoms with Gasteiger partial charge in [-0.25, -0.2) is 0 Å². The Hall–Kier alpha value is -1.56. The van der Waals surface area contributed by atoms with Gasteiger partial charge in [-0.15, -0.1) is 0 Å². The van der Waals surface area contributed by atoms with E-state index in [0.29, 0.717) is 6.42 Å². The summed E-state index contributed by atoms with van der Waals surface area (Å²) in [5.41, 5.74) is 0.121. The van der Waals surface area contributed by atoms with Gasteiger partial charge in [0, 0.05) is 19.3 Å². The predicted octanol–water partition coefficient (Wildman–Crippen LogP) is 1.84. The second-order valence-corrected chi connectivity index (χ2v) is 4.82. The minimum atomic E-state index is -0.937.